The van der Waals surface area contributed by atoms with E-state index in [0.29, 0.717) is 5.92 Å². The molecule has 0 radical (unpaired) electrons. The fraction of sp³-hybridized carbons (Fsp3) is 0.600. The average Bonchev–Trinajstić information content (AvgIpc) is 2.40. The Kier molecular flexibility index (Phi) is 5.22. The molecule has 0 N–H and O–H groups in total. The second-order valence-corrected chi connectivity index (χ2v) is 3.62. The van der Waals surface area contributed by atoms with E-state index in [1.165, 1.54) is 10.4 Å². The Morgan fingerprint density at radius 1 is 1.27 bits per heavy atom. The molecular formula is C10H18S. The minimum absolute atomic E-state index is 0.698. The van der Waals surface area contributed by atoms with Gasteiger partial charge in [-0.05, 0) is 29.9 Å². The molecule has 0 bridgehead atoms. The fourth-order valence-corrected chi connectivity index (χ4v) is 1.67. The van der Waals surface area contributed by atoms with Crippen molar-refractivity contribution in [1.29, 1.82) is 0 Å². The van der Waals surface area contributed by atoms with E-state index in [1.54, 1.807) is 0 Å². The van der Waals surface area contributed by atoms with E-state index in [0.717, 1.165) is 0 Å². The first kappa shape index (κ1) is 10.7. The van der Waals surface area contributed by atoms with Crippen molar-refractivity contribution in [2.75, 3.05) is 0 Å². The Balaban J connectivity index is 0.000000461. The third kappa shape index (κ3) is 3.57. The van der Waals surface area contributed by atoms with Crippen LogP contribution >= 0.6 is 11.3 Å². The lowest BCUT2D eigenvalue weighted by atomic mass is 10.2. The van der Waals surface area contributed by atoms with Crippen molar-refractivity contribution in [3.05, 3.63) is 21.9 Å². The van der Waals surface area contributed by atoms with Crippen LogP contribution in [-0.2, 0) is 0 Å². The molecule has 0 saturated heterocycles. The van der Waals surface area contributed by atoms with Gasteiger partial charge in [-0.3, -0.25) is 0 Å². The van der Waals surface area contributed by atoms with Gasteiger partial charge in [-0.1, -0.05) is 27.7 Å². The van der Waals surface area contributed by atoms with Crippen LogP contribution in [0.25, 0.3) is 0 Å². The van der Waals surface area contributed by atoms with Gasteiger partial charge in [0.05, 0.1) is 0 Å². The van der Waals surface area contributed by atoms with Crippen molar-refractivity contribution in [3.8, 4) is 0 Å². The van der Waals surface area contributed by atoms with Crippen molar-refractivity contribution in [2.45, 2.75) is 40.5 Å². The first-order valence-corrected chi connectivity index (χ1v) is 5.13. The normalized spacial score (nSPS) is 9.27. The molecular weight excluding hydrogens is 152 g/mol. The summed E-state index contributed by atoms with van der Waals surface area (Å²) in [5, 5.41) is 2.20. The molecule has 1 heteroatoms. The van der Waals surface area contributed by atoms with Crippen molar-refractivity contribution in [3.63, 3.8) is 0 Å². The molecule has 1 aromatic heterocycles. The van der Waals surface area contributed by atoms with Crippen LogP contribution in [0.5, 0.6) is 0 Å². The van der Waals surface area contributed by atoms with Gasteiger partial charge in [0.15, 0.2) is 0 Å². The zero-order valence-electron chi connectivity index (χ0n) is 8.14. The summed E-state index contributed by atoms with van der Waals surface area (Å²) < 4.78 is 0. The molecule has 0 saturated carbocycles. The molecule has 0 aliphatic rings. The highest BCUT2D eigenvalue weighted by atomic mass is 32.1. The molecule has 0 unspecified atom stereocenters. The molecule has 0 aliphatic carbocycles. The zero-order valence-corrected chi connectivity index (χ0v) is 8.96. The van der Waals surface area contributed by atoms with Gasteiger partial charge in [-0.15, -0.1) is 11.3 Å². The highest BCUT2D eigenvalue weighted by Crippen LogP contribution is 2.21. The van der Waals surface area contributed by atoms with Gasteiger partial charge in [-0.2, -0.15) is 0 Å². The average molecular weight is 170 g/mol. The highest BCUT2D eigenvalue weighted by Gasteiger charge is 1.99. The van der Waals surface area contributed by atoms with Gasteiger partial charge in [0.1, 0.15) is 0 Å². The molecule has 0 aromatic carbocycles. The Bertz CT molecular complexity index is 187. The van der Waals surface area contributed by atoms with Crippen molar-refractivity contribution in [1.82, 2.24) is 0 Å². The van der Waals surface area contributed by atoms with E-state index < -0.39 is 0 Å². The second-order valence-electron chi connectivity index (χ2n) is 2.68. The topological polar surface area (TPSA) is 0 Å². The van der Waals surface area contributed by atoms with Crippen LogP contribution < -0.4 is 0 Å². The Labute approximate surface area is 74.3 Å². The van der Waals surface area contributed by atoms with Crippen LogP contribution in [0.2, 0.25) is 0 Å². The van der Waals surface area contributed by atoms with Crippen LogP contribution in [0.1, 0.15) is 44.1 Å². The van der Waals surface area contributed by atoms with Crippen molar-refractivity contribution >= 4 is 11.3 Å². The predicted octanol–water partition coefficient (Wildman–Crippen LogP) is 4.21. The van der Waals surface area contributed by atoms with Gasteiger partial charge >= 0.3 is 0 Å². The maximum atomic E-state index is 2.26. The number of aryl methyl sites for hydroxylation is 1. The largest absolute Gasteiger partial charge is 0.148 e. The summed E-state index contributed by atoms with van der Waals surface area (Å²) in [6.07, 6.45) is 0. The highest BCUT2D eigenvalue weighted by molar-refractivity contribution is 7.10. The SMILES string of the molecule is CC.Cc1csc(C(C)C)c1. The van der Waals surface area contributed by atoms with Gasteiger partial charge in [0, 0.05) is 4.88 Å². The lowest BCUT2D eigenvalue weighted by Crippen LogP contribution is -1.77. The summed E-state index contributed by atoms with van der Waals surface area (Å²) in [6, 6.07) is 2.26. The van der Waals surface area contributed by atoms with Crippen LogP contribution in [0.3, 0.4) is 0 Å². The molecule has 0 aliphatic heterocycles. The maximum absolute atomic E-state index is 2.26. The molecule has 64 valence electrons. The summed E-state index contributed by atoms with van der Waals surface area (Å²) in [5.41, 5.74) is 1.39. The number of thiophene rings is 1. The van der Waals surface area contributed by atoms with E-state index in [2.05, 4.69) is 32.2 Å². The first-order chi connectivity index (χ1) is 5.20. The predicted molar refractivity (Wildman–Crippen MR) is 54.5 cm³/mol. The van der Waals surface area contributed by atoms with Crippen molar-refractivity contribution < 1.29 is 0 Å². The van der Waals surface area contributed by atoms with E-state index in [9.17, 15) is 0 Å². The summed E-state index contributed by atoms with van der Waals surface area (Å²) in [6.45, 7) is 10.6. The van der Waals surface area contributed by atoms with E-state index in [4.69, 9.17) is 0 Å². The molecule has 0 nitrogen and oxygen atoms in total. The lowest BCUT2D eigenvalue weighted by Gasteiger charge is -1.96. The molecule has 1 rings (SSSR count). The number of rotatable bonds is 1. The third-order valence-corrected chi connectivity index (χ3v) is 2.67. The minimum atomic E-state index is 0.698. The maximum Gasteiger partial charge on any atom is 0.00734 e. The molecule has 0 amide bonds. The Hall–Kier alpha value is -0.300. The summed E-state index contributed by atoms with van der Waals surface area (Å²) in [5.74, 6) is 0.698. The van der Waals surface area contributed by atoms with Crippen LogP contribution in [-0.4, -0.2) is 0 Å². The first-order valence-electron chi connectivity index (χ1n) is 4.25. The standard InChI is InChI=1S/C8H12S.C2H6/c1-6(2)8-4-7(3)5-9-8;1-2/h4-6H,1-3H3;1-2H3. The minimum Gasteiger partial charge on any atom is -0.148 e. The molecule has 0 fully saturated rings. The zero-order chi connectivity index (χ0) is 8.85. The van der Waals surface area contributed by atoms with Gasteiger partial charge < -0.3 is 0 Å². The Morgan fingerprint density at radius 3 is 2.00 bits per heavy atom. The Morgan fingerprint density at radius 2 is 1.82 bits per heavy atom. The summed E-state index contributed by atoms with van der Waals surface area (Å²) in [7, 11) is 0. The molecule has 0 atom stereocenters. The van der Waals surface area contributed by atoms with E-state index in [-0.39, 0.29) is 0 Å². The van der Waals surface area contributed by atoms with E-state index >= 15 is 0 Å². The molecule has 0 spiro atoms. The van der Waals surface area contributed by atoms with Crippen molar-refractivity contribution in [2.24, 2.45) is 0 Å². The smallest absolute Gasteiger partial charge is 0.00734 e. The van der Waals surface area contributed by atoms with Gasteiger partial charge in [0.25, 0.3) is 0 Å². The quantitative estimate of drug-likeness (QED) is 0.592. The second kappa shape index (κ2) is 5.36. The summed E-state index contributed by atoms with van der Waals surface area (Å²) in [4.78, 5) is 1.49. The third-order valence-electron chi connectivity index (χ3n) is 1.32. The van der Waals surface area contributed by atoms with Gasteiger partial charge in [0.2, 0.25) is 0 Å². The van der Waals surface area contributed by atoms with Crippen LogP contribution in [0, 0.1) is 6.92 Å². The van der Waals surface area contributed by atoms with E-state index in [1.807, 2.05) is 25.2 Å². The monoisotopic (exact) mass is 170 g/mol. The van der Waals surface area contributed by atoms with Gasteiger partial charge in [-0.25, -0.2) is 0 Å². The number of hydrogen-bond donors (Lipinski definition) is 0. The molecule has 11 heavy (non-hydrogen) atoms. The number of hydrogen-bond acceptors (Lipinski definition) is 1. The van der Waals surface area contributed by atoms with Crippen LogP contribution in [0.4, 0.5) is 0 Å². The fourth-order valence-electron chi connectivity index (χ4n) is 0.756. The molecule has 1 heterocycles. The van der Waals surface area contributed by atoms with Crippen LogP contribution in [0.15, 0.2) is 11.4 Å². The summed E-state index contributed by atoms with van der Waals surface area (Å²) >= 11 is 1.86. The lowest BCUT2D eigenvalue weighted by molar-refractivity contribution is 0.889. The molecule has 1 aromatic rings.